The number of nitriles is 1. The zero-order valence-electron chi connectivity index (χ0n) is 23.6. The molecule has 5 rings (SSSR count). The molecule has 1 amide bonds. The molecule has 232 valence electrons. The number of rotatable bonds is 8. The Morgan fingerprint density at radius 1 is 1.09 bits per heavy atom. The molecule has 0 unspecified atom stereocenters. The minimum absolute atomic E-state index is 0.168. The minimum atomic E-state index is -4.64. The van der Waals surface area contributed by atoms with Crippen LogP contribution in [0.5, 0.6) is 0 Å². The maximum absolute atomic E-state index is 15.0. The van der Waals surface area contributed by atoms with Crippen LogP contribution in [0.1, 0.15) is 40.7 Å². The number of halogens is 6. The number of alkyl halides is 3. The number of methoxy groups -OCH3 is 1. The topological polar surface area (TPSA) is 104 Å². The fourth-order valence-electron chi connectivity index (χ4n) is 5.36. The van der Waals surface area contributed by atoms with E-state index in [1.807, 2.05) is 6.07 Å². The molecule has 4 aromatic rings. The van der Waals surface area contributed by atoms with Crippen LogP contribution in [0.4, 0.5) is 27.6 Å². The Labute approximate surface area is 259 Å². The van der Waals surface area contributed by atoms with Crippen LogP contribution in [0, 0.1) is 23.0 Å². The maximum atomic E-state index is 15.0. The molecule has 0 bridgehead atoms. The zero-order chi connectivity index (χ0) is 32.5. The normalized spacial score (nSPS) is 14.6. The van der Waals surface area contributed by atoms with E-state index < -0.39 is 52.5 Å². The van der Waals surface area contributed by atoms with Gasteiger partial charge in [-0.05, 0) is 55.2 Å². The van der Waals surface area contributed by atoms with E-state index in [0.29, 0.717) is 56.7 Å². The zero-order valence-corrected chi connectivity index (χ0v) is 24.3. The number of anilines is 1. The van der Waals surface area contributed by atoms with Crippen molar-refractivity contribution in [3.8, 4) is 17.2 Å². The van der Waals surface area contributed by atoms with Gasteiger partial charge in [0.1, 0.15) is 28.8 Å². The van der Waals surface area contributed by atoms with Gasteiger partial charge in [0.25, 0.3) is 5.91 Å². The van der Waals surface area contributed by atoms with Gasteiger partial charge in [-0.1, -0.05) is 35.9 Å². The summed E-state index contributed by atoms with van der Waals surface area (Å²) < 4.78 is 75.6. The number of aromatic nitrogens is 1. The highest BCUT2D eigenvalue weighted by atomic mass is 35.5. The highest BCUT2D eigenvalue weighted by Crippen LogP contribution is 2.47. The number of pyridine rings is 1. The average molecular weight is 643 g/mol. The van der Waals surface area contributed by atoms with E-state index in [4.69, 9.17) is 21.6 Å². The lowest BCUT2D eigenvalue weighted by atomic mass is 9.76. The second kappa shape index (κ2) is 12.3. The molecule has 1 saturated carbocycles. The first-order chi connectivity index (χ1) is 21.4. The van der Waals surface area contributed by atoms with Gasteiger partial charge in [-0.3, -0.25) is 9.78 Å². The first-order valence-corrected chi connectivity index (χ1v) is 14.0. The first kappa shape index (κ1) is 31.7. The van der Waals surface area contributed by atoms with Crippen LogP contribution in [0.25, 0.3) is 22.0 Å². The van der Waals surface area contributed by atoms with Gasteiger partial charge in [0, 0.05) is 39.8 Å². The van der Waals surface area contributed by atoms with Gasteiger partial charge in [0.15, 0.2) is 0 Å². The molecular weight excluding hydrogens is 619 g/mol. The van der Waals surface area contributed by atoms with Crippen LogP contribution in [-0.2, 0) is 16.0 Å². The van der Waals surface area contributed by atoms with Crippen LogP contribution in [0.15, 0.2) is 60.8 Å². The largest absolute Gasteiger partial charge is 0.467 e. The van der Waals surface area contributed by atoms with Crippen LogP contribution in [0.2, 0.25) is 5.02 Å². The van der Waals surface area contributed by atoms with Gasteiger partial charge >= 0.3 is 12.1 Å². The summed E-state index contributed by atoms with van der Waals surface area (Å²) in [6, 6.07) is 13.4. The molecule has 1 aliphatic rings. The van der Waals surface area contributed by atoms with E-state index >= 15 is 8.78 Å². The fraction of sp³-hybridized carbons (Fsp3) is 0.250. The molecule has 0 radical (unpaired) electrons. The van der Waals surface area contributed by atoms with Gasteiger partial charge in [-0.2, -0.15) is 18.4 Å². The van der Waals surface area contributed by atoms with Crippen LogP contribution in [-0.4, -0.2) is 41.7 Å². The quantitative estimate of drug-likeness (QED) is 0.157. The van der Waals surface area contributed by atoms with Crippen molar-refractivity contribution in [3.05, 3.63) is 94.1 Å². The fourth-order valence-corrected chi connectivity index (χ4v) is 5.65. The molecule has 45 heavy (non-hydrogen) atoms. The Morgan fingerprint density at radius 3 is 2.36 bits per heavy atom. The highest BCUT2D eigenvalue weighted by molar-refractivity contribution is 6.33. The lowest BCUT2D eigenvalue weighted by Crippen LogP contribution is -2.56. The number of nitrogens with one attached hydrogen (secondary N) is 2. The maximum Gasteiger partial charge on any atom is 0.411 e. The molecule has 0 aliphatic heterocycles. The molecule has 13 heteroatoms. The Hall–Kier alpha value is -4.76. The molecule has 1 aromatic heterocycles. The third kappa shape index (κ3) is 6.13. The van der Waals surface area contributed by atoms with Crippen molar-refractivity contribution in [3.63, 3.8) is 0 Å². The highest BCUT2D eigenvalue weighted by Gasteiger charge is 2.58. The molecule has 1 atom stereocenters. The molecule has 0 saturated heterocycles. The lowest BCUT2D eigenvalue weighted by Gasteiger charge is -2.44. The van der Waals surface area contributed by atoms with Crippen molar-refractivity contribution in [1.29, 1.82) is 5.26 Å². The molecule has 1 heterocycles. The monoisotopic (exact) mass is 642 g/mol. The van der Waals surface area contributed by atoms with E-state index in [1.165, 1.54) is 6.07 Å². The van der Waals surface area contributed by atoms with Gasteiger partial charge in [-0.15, -0.1) is 0 Å². The van der Waals surface area contributed by atoms with Gasteiger partial charge < -0.3 is 15.4 Å². The summed E-state index contributed by atoms with van der Waals surface area (Å²) in [5.74, 6) is -5.03. The number of ether oxygens (including phenoxy) is 1. The SMILES string of the molecule is COC(=O)[C@H](Cc1ccc(-c2ccc(C#N)cc2Cl)c2ncccc12)NC(=O)c1c(F)cc(NC2(C(F)(F)F)CCC2)cc1F. The van der Waals surface area contributed by atoms with E-state index in [0.717, 1.165) is 7.11 Å². The first-order valence-electron chi connectivity index (χ1n) is 13.7. The van der Waals surface area contributed by atoms with Crippen molar-refractivity contribution in [1.82, 2.24) is 10.3 Å². The molecule has 2 N–H and O–H groups in total. The molecule has 1 fully saturated rings. The molecule has 0 spiro atoms. The van der Waals surface area contributed by atoms with Gasteiger partial charge in [0.2, 0.25) is 0 Å². The van der Waals surface area contributed by atoms with Crippen molar-refractivity contribution >= 4 is 40.1 Å². The van der Waals surface area contributed by atoms with E-state index in [-0.39, 0.29) is 19.3 Å². The molecular formula is C32H24ClF5N4O3. The van der Waals surface area contributed by atoms with E-state index in [2.05, 4.69) is 15.6 Å². The summed E-state index contributed by atoms with van der Waals surface area (Å²) in [6.45, 7) is 0. The number of carbonyl (C=O) groups excluding carboxylic acids is 2. The Balaban J connectivity index is 1.43. The average Bonchev–Trinajstić information content (AvgIpc) is 2.97. The Bertz CT molecular complexity index is 1830. The Kier molecular flexibility index (Phi) is 8.67. The van der Waals surface area contributed by atoms with Crippen molar-refractivity contribution in [2.75, 3.05) is 12.4 Å². The summed E-state index contributed by atoms with van der Waals surface area (Å²) in [5, 5.41) is 14.5. The van der Waals surface area contributed by atoms with Crippen molar-refractivity contribution in [2.24, 2.45) is 0 Å². The number of hydrogen-bond acceptors (Lipinski definition) is 6. The standard InChI is InChI=1S/C32H24ClF5N4O3/c1-45-30(44)26(41-29(43)27-24(34)14-19(15-25(27)35)42-31(9-3-10-31)32(36,37)38)13-18-6-8-22(28-20(18)4-2-11-40-28)21-7-5-17(16-39)12-23(21)33/h2,4-8,11-12,14-15,26,42H,3,9-10,13H2,1H3,(H,41,43)/t26-/m0/s1. The van der Waals surface area contributed by atoms with Gasteiger partial charge in [-0.25, -0.2) is 13.6 Å². The van der Waals surface area contributed by atoms with E-state index in [9.17, 15) is 22.8 Å². The third-order valence-electron chi connectivity index (χ3n) is 7.87. The summed E-state index contributed by atoms with van der Waals surface area (Å²) in [6.07, 6.45) is -3.47. The van der Waals surface area contributed by atoms with Crippen LogP contribution >= 0.6 is 11.6 Å². The summed E-state index contributed by atoms with van der Waals surface area (Å²) >= 11 is 6.44. The second-order valence-electron chi connectivity index (χ2n) is 10.6. The molecule has 1 aliphatic carbocycles. The number of nitrogens with zero attached hydrogens (tertiary/aromatic N) is 2. The number of fused-ring (bicyclic) bond motifs is 1. The predicted octanol–water partition coefficient (Wildman–Crippen LogP) is 7.12. The predicted molar refractivity (Wildman–Crippen MR) is 156 cm³/mol. The number of benzene rings is 3. The second-order valence-corrected chi connectivity index (χ2v) is 11.0. The Morgan fingerprint density at radius 2 is 1.78 bits per heavy atom. The lowest BCUT2D eigenvalue weighted by molar-refractivity contribution is -0.198. The van der Waals surface area contributed by atoms with Crippen molar-refractivity contribution in [2.45, 2.75) is 43.4 Å². The summed E-state index contributed by atoms with van der Waals surface area (Å²) in [4.78, 5) is 30.3. The number of amides is 1. The summed E-state index contributed by atoms with van der Waals surface area (Å²) in [5.41, 5.74) is -1.20. The van der Waals surface area contributed by atoms with E-state index in [1.54, 1.807) is 42.6 Å². The van der Waals surface area contributed by atoms with Gasteiger partial charge in [0.05, 0.1) is 24.3 Å². The number of esters is 1. The smallest absolute Gasteiger partial charge is 0.411 e. The molecule has 7 nitrogen and oxygen atoms in total. The minimum Gasteiger partial charge on any atom is -0.467 e. The third-order valence-corrected chi connectivity index (χ3v) is 8.18. The number of hydrogen-bond donors (Lipinski definition) is 2. The number of carbonyl (C=O) groups is 2. The van der Waals surface area contributed by atoms with Crippen LogP contribution in [0.3, 0.4) is 0 Å². The molecule has 3 aromatic carbocycles. The van der Waals surface area contributed by atoms with Crippen molar-refractivity contribution < 1.29 is 36.3 Å². The summed E-state index contributed by atoms with van der Waals surface area (Å²) in [7, 11) is 1.08. The van der Waals surface area contributed by atoms with Crippen LogP contribution < -0.4 is 10.6 Å².